The first-order valence-electron chi connectivity index (χ1n) is 3.43. The molecular weight excluding hydrogens is 164 g/mol. The van der Waals surface area contributed by atoms with Gasteiger partial charge in [0.15, 0.2) is 11.0 Å². The van der Waals surface area contributed by atoms with E-state index in [0.717, 1.165) is 18.9 Å². The van der Waals surface area contributed by atoms with Gasteiger partial charge in [-0.3, -0.25) is 0 Å². The quantitative estimate of drug-likeness (QED) is 0.623. The van der Waals surface area contributed by atoms with Gasteiger partial charge in [0.25, 0.3) is 0 Å². The van der Waals surface area contributed by atoms with Crippen LogP contribution in [0.25, 0.3) is 0 Å². The predicted molar refractivity (Wildman–Crippen MR) is 44.9 cm³/mol. The highest BCUT2D eigenvalue weighted by molar-refractivity contribution is 6.32. The smallest absolute Gasteiger partial charge is 0.176 e. The van der Waals surface area contributed by atoms with Gasteiger partial charge in [-0.2, -0.15) is 5.10 Å². The predicted octanol–water partition coefficient (Wildman–Crippen LogP) is 0.569. The van der Waals surface area contributed by atoms with Gasteiger partial charge < -0.3 is 10.6 Å². The van der Waals surface area contributed by atoms with Crippen molar-refractivity contribution in [3.63, 3.8) is 0 Å². The zero-order valence-corrected chi connectivity index (χ0v) is 6.97. The fraction of sp³-hybridized carbons (Fsp3) is 0.500. The highest BCUT2D eigenvalue weighted by atomic mass is 35.5. The maximum Gasteiger partial charge on any atom is 0.176 e. The zero-order chi connectivity index (χ0) is 8.01. The monoisotopic (exact) mass is 172 g/mol. The number of nitrogens with zero attached hydrogens (tertiary/aromatic N) is 3. The summed E-state index contributed by atoms with van der Waals surface area (Å²) >= 11 is 5.73. The normalized spacial score (nSPS) is 15.6. The summed E-state index contributed by atoms with van der Waals surface area (Å²) in [6, 6.07) is 0. The average molecular weight is 173 g/mol. The number of nitrogen functional groups attached to an aromatic ring is 1. The van der Waals surface area contributed by atoms with Gasteiger partial charge in [0.05, 0.1) is 6.54 Å². The van der Waals surface area contributed by atoms with Gasteiger partial charge in [-0.05, 0) is 0 Å². The molecule has 2 rings (SSSR count). The van der Waals surface area contributed by atoms with Crippen LogP contribution in [0.4, 0.5) is 11.5 Å². The van der Waals surface area contributed by atoms with E-state index in [9.17, 15) is 0 Å². The Hall–Kier alpha value is -0.900. The van der Waals surface area contributed by atoms with E-state index in [4.69, 9.17) is 17.3 Å². The summed E-state index contributed by atoms with van der Waals surface area (Å²) < 4.78 is 1.83. The van der Waals surface area contributed by atoms with E-state index < -0.39 is 0 Å². The standard InChI is InChI=1S/C6H9ClN4/c1-10-2-3-11-6(10)4(8)5(7)9-11/h2-3,8H2,1H3. The van der Waals surface area contributed by atoms with Gasteiger partial charge in [0.2, 0.25) is 0 Å². The van der Waals surface area contributed by atoms with Crippen molar-refractivity contribution in [3.8, 4) is 0 Å². The van der Waals surface area contributed by atoms with Crippen molar-refractivity contribution in [2.45, 2.75) is 6.54 Å². The minimum atomic E-state index is 0.409. The second kappa shape index (κ2) is 2.04. The maximum absolute atomic E-state index is 5.73. The number of rotatable bonds is 0. The Kier molecular flexibility index (Phi) is 1.26. The van der Waals surface area contributed by atoms with E-state index in [1.807, 2.05) is 16.6 Å². The highest BCUT2D eigenvalue weighted by Gasteiger charge is 2.22. The number of halogens is 1. The lowest BCUT2D eigenvalue weighted by Crippen LogP contribution is -2.13. The minimum absolute atomic E-state index is 0.409. The Morgan fingerprint density at radius 2 is 2.27 bits per heavy atom. The van der Waals surface area contributed by atoms with Crippen molar-refractivity contribution < 1.29 is 0 Å². The molecule has 60 valence electrons. The summed E-state index contributed by atoms with van der Waals surface area (Å²) in [6.45, 7) is 1.84. The second-order valence-corrected chi connectivity index (χ2v) is 3.03. The molecule has 5 heteroatoms. The van der Waals surface area contributed by atoms with Crippen molar-refractivity contribution in [1.82, 2.24) is 9.78 Å². The number of likely N-dealkylation sites (N-methyl/N-ethyl adjacent to an activating group) is 1. The Balaban J connectivity index is 2.58. The molecule has 1 aliphatic rings. The largest absolute Gasteiger partial charge is 0.393 e. The molecule has 0 aliphatic carbocycles. The number of hydrogen-bond donors (Lipinski definition) is 1. The molecule has 0 saturated carbocycles. The molecule has 4 nitrogen and oxygen atoms in total. The Morgan fingerprint density at radius 3 is 2.91 bits per heavy atom. The topological polar surface area (TPSA) is 47.1 Å². The van der Waals surface area contributed by atoms with Crippen molar-refractivity contribution in [2.24, 2.45) is 0 Å². The van der Waals surface area contributed by atoms with Crippen LogP contribution in [0.2, 0.25) is 5.15 Å². The molecule has 2 heterocycles. The van der Waals surface area contributed by atoms with Crippen molar-refractivity contribution in [2.75, 3.05) is 24.2 Å². The van der Waals surface area contributed by atoms with Crippen LogP contribution in [0.1, 0.15) is 0 Å². The van der Waals surface area contributed by atoms with Crippen molar-refractivity contribution in [3.05, 3.63) is 5.15 Å². The molecule has 1 aromatic heterocycles. The Morgan fingerprint density at radius 1 is 1.55 bits per heavy atom. The van der Waals surface area contributed by atoms with E-state index in [2.05, 4.69) is 5.10 Å². The maximum atomic E-state index is 5.73. The lowest BCUT2D eigenvalue weighted by Gasteiger charge is -2.08. The molecule has 0 aromatic carbocycles. The van der Waals surface area contributed by atoms with Crippen LogP contribution in [0.3, 0.4) is 0 Å². The second-order valence-electron chi connectivity index (χ2n) is 2.67. The molecule has 0 amide bonds. The number of hydrogen-bond acceptors (Lipinski definition) is 3. The van der Waals surface area contributed by atoms with E-state index in [1.165, 1.54) is 0 Å². The highest BCUT2D eigenvalue weighted by Crippen LogP contribution is 2.32. The summed E-state index contributed by atoms with van der Waals surface area (Å²) in [5.74, 6) is 0.940. The Labute approximate surface area is 69.5 Å². The van der Waals surface area contributed by atoms with Crippen molar-refractivity contribution in [1.29, 1.82) is 0 Å². The van der Waals surface area contributed by atoms with Gasteiger partial charge in [-0.25, -0.2) is 4.68 Å². The molecule has 0 atom stereocenters. The fourth-order valence-corrected chi connectivity index (χ4v) is 1.52. The van der Waals surface area contributed by atoms with Gasteiger partial charge in [0.1, 0.15) is 5.69 Å². The lowest BCUT2D eigenvalue weighted by molar-refractivity contribution is 0.692. The first kappa shape index (κ1) is 6.79. The summed E-state index contributed by atoms with van der Waals surface area (Å²) in [6.07, 6.45) is 0. The SMILES string of the molecule is CN1CCn2nc(Cl)c(N)c21. The molecule has 0 spiro atoms. The van der Waals surface area contributed by atoms with E-state index in [1.54, 1.807) is 0 Å². The molecule has 0 saturated heterocycles. The van der Waals surface area contributed by atoms with E-state index >= 15 is 0 Å². The van der Waals surface area contributed by atoms with E-state index in [-0.39, 0.29) is 0 Å². The van der Waals surface area contributed by atoms with Gasteiger partial charge in [0, 0.05) is 13.6 Å². The molecule has 1 aliphatic heterocycles. The number of nitrogens with two attached hydrogens (primary N) is 1. The van der Waals surface area contributed by atoms with Gasteiger partial charge in [-0.15, -0.1) is 0 Å². The average Bonchev–Trinajstić information content (AvgIpc) is 2.41. The molecule has 11 heavy (non-hydrogen) atoms. The molecule has 0 bridgehead atoms. The molecule has 2 N–H and O–H groups in total. The molecule has 0 fully saturated rings. The van der Waals surface area contributed by atoms with Crippen LogP contribution in [0, 0.1) is 0 Å². The van der Waals surface area contributed by atoms with Crippen LogP contribution >= 0.6 is 11.6 Å². The molecular formula is C6H9ClN4. The third-order valence-corrected chi connectivity index (χ3v) is 2.20. The first-order valence-corrected chi connectivity index (χ1v) is 3.81. The van der Waals surface area contributed by atoms with E-state index in [0.29, 0.717) is 10.8 Å². The summed E-state index contributed by atoms with van der Waals surface area (Å²) in [5, 5.41) is 4.47. The van der Waals surface area contributed by atoms with Crippen LogP contribution in [0.15, 0.2) is 0 Å². The lowest BCUT2D eigenvalue weighted by atomic mass is 10.5. The minimum Gasteiger partial charge on any atom is -0.393 e. The van der Waals surface area contributed by atoms with Crippen molar-refractivity contribution >= 4 is 23.1 Å². The number of fused-ring (bicyclic) bond motifs is 1. The Bertz CT molecular complexity index is 293. The van der Waals surface area contributed by atoms with Gasteiger partial charge >= 0.3 is 0 Å². The van der Waals surface area contributed by atoms with Crippen LogP contribution < -0.4 is 10.6 Å². The summed E-state index contributed by atoms with van der Waals surface area (Å²) in [7, 11) is 1.98. The molecule has 1 aromatic rings. The zero-order valence-electron chi connectivity index (χ0n) is 6.21. The first-order chi connectivity index (χ1) is 5.20. The third-order valence-electron chi connectivity index (χ3n) is 1.92. The third kappa shape index (κ3) is 0.790. The molecule has 0 unspecified atom stereocenters. The number of aromatic nitrogens is 2. The fourth-order valence-electron chi connectivity index (χ4n) is 1.35. The van der Waals surface area contributed by atoms with Crippen LogP contribution in [-0.2, 0) is 6.54 Å². The number of anilines is 2. The molecule has 0 radical (unpaired) electrons. The summed E-state index contributed by atoms with van der Waals surface area (Å²) in [4.78, 5) is 2.05. The van der Waals surface area contributed by atoms with Gasteiger partial charge in [-0.1, -0.05) is 11.6 Å². The van der Waals surface area contributed by atoms with Crippen LogP contribution in [0.5, 0.6) is 0 Å². The summed E-state index contributed by atoms with van der Waals surface area (Å²) in [5.41, 5.74) is 6.28. The van der Waals surface area contributed by atoms with Crippen LogP contribution in [-0.4, -0.2) is 23.4 Å².